The van der Waals surface area contributed by atoms with Gasteiger partial charge in [0.2, 0.25) is 0 Å². The van der Waals surface area contributed by atoms with Crippen molar-refractivity contribution in [3.63, 3.8) is 0 Å². The molecule has 2 aromatic heterocycles. The van der Waals surface area contributed by atoms with Gasteiger partial charge in [0, 0.05) is 45.0 Å². The summed E-state index contributed by atoms with van der Waals surface area (Å²) in [5.41, 5.74) is 2.56. The van der Waals surface area contributed by atoms with Crippen molar-refractivity contribution in [1.29, 1.82) is 0 Å². The van der Waals surface area contributed by atoms with Crippen LogP contribution in [0.1, 0.15) is 5.56 Å². The van der Waals surface area contributed by atoms with Crippen molar-refractivity contribution in [2.75, 3.05) is 12.9 Å². The van der Waals surface area contributed by atoms with Crippen LogP contribution in [0.15, 0.2) is 59.9 Å². The van der Waals surface area contributed by atoms with Gasteiger partial charge in [0.25, 0.3) is 0 Å². The number of fused-ring (bicyclic) bond motifs is 1. The van der Waals surface area contributed by atoms with Gasteiger partial charge < -0.3 is 14.6 Å². The van der Waals surface area contributed by atoms with Crippen LogP contribution in [0.4, 0.5) is 0 Å². The highest BCUT2D eigenvalue weighted by molar-refractivity contribution is 7.90. The minimum Gasteiger partial charge on any atom is -0.457 e. The van der Waals surface area contributed by atoms with Crippen LogP contribution in [0, 0.1) is 0 Å². The standard InChI is InChI=1S/C25H30N4O5SSi/c1-35(31,32)20-7-5-19(6-8-20)34-24-14-23-21(13-18(24)16-30)28-25(22-15-26-9-10-27-22)29(23)17-33-11-12-36(2,3)4/h5-10,13-15,30H,11-12,16-17H2,1-4H3. The monoisotopic (exact) mass is 526 g/mol. The summed E-state index contributed by atoms with van der Waals surface area (Å²) in [6.45, 7) is 7.56. The first kappa shape index (κ1) is 26.0. The second-order valence-electron chi connectivity index (χ2n) is 9.75. The van der Waals surface area contributed by atoms with Gasteiger partial charge in [-0.3, -0.25) is 9.55 Å². The number of aliphatic hydroxyl groups is 1. The molecule has 11 heteroatoms. The molecule has 0 aliphatic heterocycles. The normalized spacial score (nSPS) is 12.2. The average molecular weight is 527 g/mol. The van der Waals surface area contributed by atoms with Gasteiger partial charge in [0.15, 0.2) is 15.7 Å². The molecule has 0 bridgehead atoms. The summed E-state index contributed by atoms with van der Waals surface area (Å²) in [5.74, 6) is 1.48. The van der Waals surface area contributed by atoms with Crippen LogP contribution >= 0.6 is 0 Å². The zero-order valence-corrected chi connectivity index (χ0v) is 22.6. The maximum absolute atomic E-state index is 11.8. The third-order valence-corrected chi connectivity index (χ3v) is 8.42. The number of benzene rings is 2. The number of rotatable bonds is 10. The molecule has 190 valence electrons. The number of aromatic nitrogens is 4. The fraction of sp³-hybridized carbons (Fsp3) is 0.320. The van der Waals surface area contributed by atoms with Gasteiger partial charge in [0.05, 0.1) is 28.7 Å². The number of aliphatic hydroxyl groups excluding tert-OH is 1. The molecule has 2 heterocycles. The summed E-state index contributed by atoms with van der Waals surface area (Å²) in [7, 11) is -4.56. The summed E-state index contributed by atoms with van der Waals surface area (Å²) in [6, 6.07) is 10.8. The molecule has 0 spiro atoms. The molecule has 0 atom stereocenters. The molecule has 0 aliphatic carbocycles. The van der Waals surface area contributed by atoms with Crippen LogP contribution in [0.5, 0.6) is 11.5 Å². The number of sulfone groups is 1. The summed E-state index contributed by atoms with van der Waals surface area (Å²) < 4.78 is 37.6. The Labute approximate surface area is 211 Å². The Kier molecular flexibility index (Phi) is 7.55. The molecule has 0 saturated carbocycles. The van der Waals surface area contributed by atoms with Crippen LogP contribution < -0.4 is 4.74 Å². The van der Waals surface area contributed by atoms with E-state index in [0.717, 1.165) is 17.8 Å². The molecule has 9 nitrogen and oxygen atoms in total. The van der Waals surface area contributed by atoms with E-state index in [1.54, 1.807) is 42.9 Å². The molecule has 0 radical (unpaired) electrons. The van der Waals surface area contributed by atoms with E-state index in [0.29, 0.717) is 40.7 Å². The van der Waals surface area contributed by atoms with Gasteiger partial charge in [0.1, 0.15) is 23.9 Å². The molecule has 4 rings (SSSR count). The Morgan fingerprint density at radius 2 is 1.83 bits per heavy atom. The third-order valence-electron chi connectivity index (χ3n) is 5.59. The van der Waals surface area contributed by atoms with Crippen molar-refractivity contribution < 1.29 is 23.0 Å². The van der Waals surface area contributed by atoms with E-state index in [9.17, 15) is 13.5 Å². The van der Waals surface area contributed by atoms with E-state index in [1.165, 1.54) is 12.1 Å². The first-order chi connectivity index (χ1) is 17.0. The lowest BCUT2D eigenvalue weighted by Gasteiger charge is -2.16. The third kappa shape index (κ3) is 6.16. The molecule has 36 heavy (non-hydrogen) atoms. The van der Waals surface area contributed by atoms with Crippen LogP contribution in [-0.2, 0) is 27.9 Å². The smallest absolute Gasteiger partial charge is 0.175 e. The second kappa shape index (κ2) is 10.5. The lowest BCUT2D eigenvalue weighted by molar-refractivity contribution is 0.0909. The van der Waals surface area contributed by atoms with Crippen LogP contribution in [-0.4, -0.2) is 54.0 Å². The van der Waals surface area contributed by atoms with E-state index in [1.807, 2.05) is 4.57 Å². The Morgan fingerprint density at radius 3 is 2.44 bits per heavy atom. The molecule has 0 aliphatic rings. The summed E-state index contributed by atoms with van der Waals surface area (Å²) in [5, 5.41) is 10.0. The van der Waals surface area contributed by atoms with E-state index in [4.69, 9.17) is 14.5 Å². The molecule has 2 aromatic carbocycles. The minimum absolute atomic E-state index is 0.204. The maximum Gasteiger partial charge on any atom is 0.175 e. The van der Waals surface area contributed by atoms with Crippen LogP contribution in [0.25, 0.3) is 22.6 Å². The summed E-state index contributed by atoms with van der Waals surface area (Å²) >= 11 is 0. The molecule has 0 fully saturated rings. The van der Waals surface area contributed by atoms with Crippen molar-refractivity contribution in [2.24, 2.45) is 0 Å². The van der Waals surface area contributed by atoms with Gasteiger partial charge in [-0.2, -0.15) is 0 Å². The van der Waals surface area contributed by atoms with Crippen LogP contribution in [0.3, 0.4) is 0 Å². The SMILES string of the molecule is C[Si](C)(C)CCOCn1c(-c2cnccn2)nc2cc(CO)c(Oc3ccc(S(C)(=O)=O)cc3)cc21. The minimum atomic E-state index is -3.31. The van der Waals surface area contributed by atoms with Crippen molar-refractivity contribution in [3.8, 4) is 23.0 Å². The van der Waals surface area contributed by atoms with Crippen LogP contribution in [0.2, 0.25) is 25.7 Å². The fourth-order valence-corrected chi connectivity index (χ4v) is 4.96. The van der Waals surface area contributed by atoms with Crippen molar-refractivity contribution in [3.05, 3.63) is 60.6 Å². The van der Waals surface area contributed by atoms with Gasteiger partial charge >= 0.3 is 0 Å². The molecule has 0 amide bonds. The number of hydrogen-bond acceptors (Lipinski definition) is 8. The van der Waals surface area contributed by atoms with E-state index < -0.39 is 17.9 Å². The number of hydrogen-bond donors (Lipinski definition) is 1. The van der Waals surface area contributed by atoms with Gasteiger partial charge in [-0.25, -0.2) is 18.4 Å². The Morgan fingerprint density at radius 1 is 1.08 bits per heavy atom. The van der Waals surface area contributed by atoms with Crippen molar-refractivity contribution >= 4 is 28.9 Å². The second-order valence-corrected chi connectivity index (χ2v) is 17.4. The predicted molar refractivity (Wildman–Crippen MR) is 140 cm³/mol. The molecule has 0 unspecified atom stereocenters. The van der Waals surface area contributed by atoms with Crippen molar-refractivity contribution in [1.82, 2.24) is 19.5 Å². The zero-order chi connectivity index (χ0) is 25.9. The lowest BCUT2D eigenvalue weighted by Crippen LogP contribution is -2.22. The summed E-state index contributed by atoms with van der Waals surface area (Å²) in [6.07, 6.45) is 6.01. The highest BCUT2D eigenvalue weighted by atomic mass is 32.2. The summed E-state index contributed by atoms with van der Waals surface area (Å²) in [4.78, 5) is 13.5. The maximum atomic E-state index is 11.8. The molecule has 1 N–H and O–H groups in total. The largest absolute Gasteiger partial charge is 0.457 e. The van der Waals surface area contributed by atoms with E-state index in [-0.39, 0.29) is 18.2 Å². The van der Waals surface area contributed by atoms with E-state index in [2.05, 4.69) is 29.6 Å². The van der Waals surface area contributed by atoms with Gasteiger partial charge in [-0.15, -0.1) is 0 Å². The topological polar surface area (TPSA) is 116 Å². The number of nitrogens with zero attached hydrogens (tertiary/aromatic N) is 4. The first-order valence-corrected chi connectivity index (χ1v) is 17.1. The van der Waals surface area contributed by atoms with Gasteiger partial charge in [-0.1, -0.05) is 19.6 Å². The van der Waals surface area contributed by atoms with Crippen molar-refractivity contribution in [2.45, 2.75) is 43.9 Å². The Hall–Kier alpha value is -3.12. The molecule has 0 saturated heterocycles. The molecular weight excluding hydrogens is 496 g/mol. The average Bonchev–Trinajstić information content (AvgIpc) is 3.18. The quantitative estimate of drug-likeness (QED) is 0.237. The Bertz CT molecular complexity index is 1450. The fourth-order valence-electron chi connectivity index (χ4n) is 3.57. The predicted octanol–water partition coefficient (Wildman–Crippen LogP) is 4.49. The molecular formula is C25H30N4O5SSi. The highest BCUT2D eigenvalue weighted by Gasteiger charge is 2.19. The van der Waals surface area contributed by atoms with E-state index >= 15 is 0 Å². The number of ether oxygens (including phenoxy) is 2. The Balaban J connectivity index is 1.73. The molecule has 4 aromatic rings. The number of imidazole rings is 1. The highest BCUT2D eigenvalue weighted by Crippen LogP contribution is 2.33. The first-order valence-electron chi connectivity index (χ1n) is 11.5. The zero-order valence-electron chi connectivity index (χ0n) is 20.8. The van der Waals surface area contributed by atoms with Gasteiger partial charge in [-0.05, 0) is 36.4 Å². The lowest BCUT2D eigenvalue weighted by atomic mass is 10.2.